The zero-order valence-electron chi connectivity index (χ0n) is 17.6. The molecule has 0 saturated carbocycles. The van der Waals surface area contributed by atoms with E-state index in [4.69, 9.17) is 24.1 Å². The van der Waals surface area contributed by atoms with E-state index in [1.807, 2.05) is 25.1 Å². The van der Waals surface area contributed by atoms with Crippen molar-refractivity contribution in [3.05, 3.63) is 53.1 Å². The summed E-state index contributed by atoms with van der Waals surface area (Å²) in [5.74, 6) is 1.36. The van der Waals surface area contributed by atoms with Gasteiger partial charge in [0.05, 0.1) is 20.8 Å². The van der Waals surface area contributed by atoms with Crippen LogP contribution >= 0.6 is 0 Å². The Morgan fingerprint density at radius 1 is 0.800 bits per heavy atom. The molecule has 0 amide bonds. The second kappa shape index (κ2) is 11.1. The van der Waals surface area contributed by atoms with Crippen LogP contribution in [0.1, 0.15) is 28.9 Å². The van der Waals surface area contributed by atoms with Gasteiger partial charge in [-0.05, 0) is 41.8 Å². The summed E-state index contributed by atoms with van der Waals surface area (Å²) < 4.78 is 21.8. The molecule has 0 bridgehead atoms. The molecular weight excluding hydrogens is 392 g/mol. The van der Waals surface area contributed by atoms with Crippen LogP contribution in [-0.4, -0.2) is 67.2 Å². The highest BCUT2D eigenvalue weighted by Crippen LogP contribution is 2.32. The summed E-state index contributed by atoms with van der Waals surface area (Å²) in [7, 11) is 4.52. The average molecular weight is 422 g/mol. The monoisotopic (exact) mass is 422 g/mol. The lowest BCUT2D eigenvalue weighted by molar-refractivity contribution is -0.0346. The fourth-order valence-corrected chi connectivity index (χ4v) is 3.10. The molecule has 0 saturated heterocycles. The number of methoxy groups -OCH3 is 3. The highest BCUT2D eigenvalue weighted by Gasteiger charge is 2.24. The van der Waals surface area contributed by atoms with E-state index in [2.05, 4.69) is 0 Å². The molecule has 4 unspecified atom stereocenters. The average Bonchev–Trinajstić information content (AvgIpc) is 2.77. The van der Waals surface area contributed by atoms with E-state index < -0.39 is 31.0 Å². The summed E-state index contributed by atoms with van der Waals surface area (Å²) in [5, 5.41) is 39.3. The van der Waals surface area contributed by atoms with Crippen molar-refractivity contribution in [3.63, 3.8) is 0 Å². The van der Waals surface area contributed by atoms with Gasteiger partial charge in [0.15, 0.2) is 11.5 Å². The first-order valence-corrected chi connectivity index (χ1v) is 9.49. The fourth-order valence-electron chi connectivity index (χ4n) is 3.10. The Labute approximate surface area is 176 Å². The third-order valence-electron chi connectivity index (χ3n) is 4.85. The zero-order chi connectivity index (χ0) is 22.3. The molecule has 0 aliphatic rings. The lowest BCUT2D eigenvalue weighted by Crippen LogP contribution is -2.27. The number of hydrogen-bond donors (Lipinski definition) is 4. The van der Waals surface area contributed by atoms with Crippen molar-refractivity contribution in [1.82, 2.24) is 0 Å². The summed E-state index contributed by atoms with van der Waals surface area (Å²) in [6, 6.07) is 10.2. The Hall–Kier alpha value is -2.36. The quantitative estimate of drug-likeness (QED) is 0.431. The minimum absolute atomic E-state index is 0.0772. The predicted molar refractivity (Wildman–Crippen MR) is 110 cm³/mol. The van der Waals surface area contributed by atoms with Crippen molar-refractivity contribution in [2.45, 2.75) is 31.3 Å². The Morgan fingerprint density at radius 2 is 1.43 bits per heavy atom. The number of aryl methyl sites for hydroxylation is 1. The standard InChI is InChI=1S/C22H30O8/c1-13-5-6-15(10-19(13)27-2)22(29-4)17(25)12-30-18-8-7-14(9-20(18)28-3)21(26)16(24)11-23/h5-10,16-17,21-26H,11-12H2,1-4H3. The van der Waals surface area contributed by atoms with Crippen LogP contribution in [0, 0.1) is 6.92 Å². The molecule has 0 aliphatic heterocycles. The number of aliphatic hydroxyl groups excluding tert-OH is 4. The van der Waals surface area contributed by atoms with Gasteiger partial charge < -0.3 is 39.4 Å². The minimum atomic E-state index is -1.31. The number of hydrogen-bond acceptors (Lipinski definition) is 8. The maximum atomic E-state index is 10.6. The lowest BCUT2D eigenvalue weighted by Gasteiger charge is -2.24. The molecule has 2 aromatic carbocycles. The summed E-state index contributed by atoms with van der Waals surface area (Å²) in [6.07, 6.45) is -4.19. The van der Waals surface area contributed by atoms with E-state index in [-0.39, 0.29) is 6.61 Å². The zero-order valence-corrected chi connectivity index (χ0v) is 17.6. The molecule has 2 aromatic rings. The number of benzene rings is 2. The van der Waals surface area contributed by atoms with E-state index in [1.54, 1.807) is 19.2 Å². The van der Waals surface area contributed by atoms with Crippen LogP contribution in [0.2, 0.25) is 0 Å². The van der Waals surface area contributed by atoms with E-state index in [9.17, 15) is 15.3 Å². The molecule has 0 heterocycles. The number of aliphatic hydroxyl groups is 4. The number of ether oxygens (including phenoxy) is 4. The van der Waals surface area contributed by atoms with Crippen molar-refractivity contribution in [2.24, 2.45) is 0 Å². The van der Waals surface area contributed by atoms with Crippen molar-refractivity contribution in [1.29, 1.82) is 0 Å². The molecule has 4 atom stereocenters. The molecular formula is C22H30O8. The second-order valence-corrected chi connectivity index (χ2v) is 6.87. The second-order valence-electron chi connectivity index (χ2n) is 6.87. The van der Waals surface area contributed by atoms with E-state index in [0.29, 0.717) is 22.8 Å². The molecule has 0 spiro atoms. The van der Waals surface area contributed by atoms with Crippen LogP contribution in [0.4, 0.5) is 0 Å². The Balaban J connectivity index is 2.13. The molecule has 4 N–H and O–H groups in total. The fraction of sp³-hybridized carbons (Fsp3) is 0.455. The first-order valence-electron chi connectivity index (χ1n) is 9.49. The van der Waals surface area contributed by atoms with Crippen molar-refractivity contribution in [3.8, 4) is 17.2 Å². The normalized spacial score (nSPS) is 15.2. The Morgan fingerprint density at radius 3 is 2.03 bits per heavy atom. The van der Waals surface area contributed by atoms with Gasteiger partial charge in [-0.1, -0.05) is 18.2 Å². The third-order valence-corrected chi connectivity index (χ3v) is 4.85. The Kier molecular flexibility index (Phi) is 8.88. The minimum Gasteiger partial charge on any atom is -0.496 e. The van der Waals surface area contributed by atoms with Gasteiger partial charge in [-0.25, -0.2) is 0 Å². The molecule has 8 nitrogen and oxygen atoms in total. The maximum absolute atomic E-state index is 10.6. The third kappa shape index (κ3) is 5.62. The van der Waals surface area contributed by atoms with Gasteiger partial charge in [-0.3, -0.25) is 0 Å². The summed E-state index contributed by atoms with van der Waals surface area (Å²) >= 11 is 0. The maximum Gasteiger partial charge on any atom is 0.161 e. The van der Waals surface area contributed by atoms with E-state index >= 15 is 0 Å². The van der Waals surface area contributed by atoms with Gasteiger partial charge >= 0.3 is 0 Å². The van der Waals surface area contributed by atoms with Gasteiger partial charge in [0.25, 0.3) is 0 Å². The SMILES string of the molecule is COc1cc(C(OC)C(O)COc2ccc(C(O)C(O)CO)cc2OC)ccc1C. The van der Waals surface area contributed by atoms with Crippen LogP contribution < -0.4 is 14.2 Å². The molecule has 30 heavy (non-hydrogen) atoms. The van der Waals surface area contributed by atoms with Gasteiger partial charge in [0, 0.05) is 7.11 Å². The molecule has 166 valence electrons. The highest BCUT2D eigenvalue weighted by molar-refractivity contribution is 5.44. The van der Waals surface area contributed by atoms with Gasteiger partial charge in [-0.15, -0.1) is 0 Å². The Bertz CT molecular complexity index is 810. The summed E-state index contributed by atoms with van der Waals surface area (Å²) in [4.78, 5) is 0. The molecule has 0 radical (unpaired) electrons. The van der Waals surface area contributed by atoms with Crippen LogP contribution in [0.15, 0.2) is 36.4 Å². The summed E-state index contributed by atoms with van der Waals surface area (Å²) in [6.45, 7) is 1.28. The van der Waals surface area contributed by atoms with E-state index in [1.165, 1.54) is 20.3 Å². The predicted octanol–water partition coefficient (Wildman–Crippen LogP) is 1.53. The molecule has 2 rings (SSSR count). The van der Waals surface area contributed by atoms with Crippen molar-refractivity contribution in [2.75, 3.05) is 34.5 Å². The van der Waals surface area contributed by atoms with Gasteiger partial charge in [0.2, 0.25) is 0 Å². The molecule has 8 heteroatoms. The van der Waals surface area contributed by atoms with Gasteiger partial charge in [-0.2, -0.15) is 0 Å². The summed E-state index contributed by atoms with van der Waals surface area (Å²) in [5.41, 5.74) is 2.09. The van der Waals surface area contributed by atoms with Gasteiger partial charge in [0.1, 0.15) is 36.8 Å². The van der Waals surface area contributed by atoms with Crippen LogP contribution in [-0.2, 0) is 4.74 Å². The van der Waals surface area contributed by atoms with Crippen molar-refractivity contribution >= 4 is 0 Å². The highest BCUT2D eigenvalue weighted by atomic mass is 16.5. The molecule has 0 aromatic heterocycles. The lowest BCUT2D eigenvalue weighted by atomic mass is 10.0. The largest absolute Gasteiger partial charge is 0.496 e. The van der Waals surface area contributed by atoms with Crippen LogP contribution in [0.5, 0.6) is 17.2 Å². The topological polar surface area (TPSA) is 118 Å². The number of rotatable bonds is 11. The molecule has 0 fully saturated rings. The first kappa shape index (κ1) is 23.9. The molecule has 0 aliphatic carbocycles. The smallest absolute Gasteiger partial charge is 0.161 e. The van der Waals surface area contributed by atoms with Crippen LogP contribution in [0.3, 0.4) is 0 Å². The first-order chi connectivity index (χ1) is 14.4. The van der Waals surface area contributed by atoms with Crippen LogP contribution in [0.25, 0.3) is 0 Å². The van der Waals surface area contributed by atoms with E-state index in [0.717, 1.165) is 11.1 Å². The van der Waals surface area contributed by atoms with Crippen molar-refractivity contribution < 1.29 is 39.4 Å².